The molecule has 2 rings (SSSR count). The summed E-state index contributed by atoms with van der Waals surface area (Å²) in [6, 6.07) is 7.59. The number of carboxylic acid groups (broad SMARTS) is 1. The van der Waals surface area contributed by atoms with Crippen molar-refractivity contribution in [1.29, 1.82) is 0 Å². The highest BCUT2D eigenvalue weighted by Crippen LogP contribution is 2.14. The van der Waals surface area contributed by atoms with Crippen LogP contribution in [0, 0.1) is 0 Å². The molecule has 0 radical (unpaired) electrons. The van der Waals surface area contributed by atoms with Gasteiger partial charge in [-0.25, -0.2) is 4.98 Å². The maximum absolute atomic E-state index is 10.5. The summed E-state index contributed by atoms with van der Waals surface area (Å²) in [5.74, 6) is -1.30. The molecule has 0 spiro atoms. The second-order valence-corrected chi connectivity index (χ2v) is 5.02. The molecular weight excluding hydrogens is 318 g/mol. The molecule has 7 heteroatoms. The molecule has 0 bridgehead atoms. The van der Waals surface area contributed by atoms with Gasteiger partial charge < -0.3 is 9.90 Å². The van der Waals surface area contributed by atoms with Crippen LogP contribution in [-0.4, -0.2) is 17.2 Å². The van der Waals surface area contributed by atoms with Gasteiger partial charge in [0.25, 0.3) is 0 Å². The van der Waals surface area contributed by atoms with Crippen molar-refractivity contribution in [1.82, 2.24) is 4.98 Å². The molecule has 18 heavy (non-hydrogen) atoms. The Labute approximate surface area is 115 Å². The smallest absolute Gasteiger partial charge is 0.203 e. The van der Waals surface area contributed by atoms with E-state index in [0.717, 1.165) is 21.4 Å². The van der Waals surface area contributed by atoms with Crippen molar-refractivity contribution in [2.24, 2.45) is 5.10 Å². The van der Waals surface area contributed by atoms with Gasteiger partial charge in [-0.3, -0.25) is 5.43 Å². The lowest BCUT2D eigenvalue weighted by atomic mass is 10.2. The van der Waals surface area contributed by atoms with E-state index in [1.165, 1.54) is 5.38 Å². The minimum absolute atomic E-state index is 0.0960. The Balaban J connectivity index is 1.98. The van der Waals surface area contributed by atoms with Gasteiger partial charge in [-0.1, -0.05) is 28.1 Å². The molecule has 0 saturated carbocycles. The number of thiazole rings is 1. The number of aromatic carboxylic acids is 1. The third-order valence-corrected chi connectivity index (χ3v) is 3.23. The summed E-state index contributed by atoms with van der Waals surface area (Å²) in [4.78, 5) is 14.3. The van der Waals surface area contributed by atoms with Crippen molar-refractivity contribution >= 4 is 44.6 Å². The number of carbonyl (C=O) groups excluding carboxylic acids is 1. The van der Waals surface area contributed by atoms with E-state index in [1.807, 2.05) is 24.3 Å². The Kier molecular flexibility index (Phi) is 4.06. The Morgan fingerprint density at radius 3 is 2.78 bits per heavy atom. The Hall–Kier alpha value is -1.73. The van der Waals surface area contributed by atoms with Crippen LogP contribution in [0.1, 0.15) is 16.1 Å². The number of carboxylic acids is 1. The van der Waals surface area contributed by atoms with Crippen LogP contribution in [0.4, 0.5) is 5.13 Å². The lowest BCUT2D eigenvalue weighted by Crippen LogP contribution is -2.22. The van der Waals surface area contributed by atoms with Crippen LogP contribution < -0.4 is 10.5 Å². The van der Waals surface area contributed by atoms with Crippen LogP contribution in [0.5, 0.6) is 0 Å². The molecule has 0 fully saturated rings. The number of anilines is 1. The summed E-state index contributed by atoms with van der Waals surface area (Å²) in [6.07, 6.45) is 1.62. The number of nitrogens with one attached hydrogen (secondary N) is 1. The summed E-state index contributed by atoms with van der Waals surface area (Å²) in [7, 11) is 0. The molecule has 0 aliphatic carbocycles. The Morgan fingerprint density at radius 1 is 1.44 bits per heavy atom. The molecule has 1 N–H and O–H groups in total. The molecule has 92 valence electrons. The summed E-state index contributed by atoms with van der Waals surface area (Å²) >= 11 is 4.49. The van der Waals surface area contributed by atoms with Crippen molar-refractivity contribution in [2.75, 3.05) is 5.43 Å². The first kappa shape index (κ1) is 12.7. The van der Waals surface area contributed by atoms with Crippen LogP contribution in [-0.2, 0) is 0 Å². The number of nitrogens with zero attached hydrogens (tertiary/aromatic N) is 2. The van der Waals surface area contributed by atoms with E-state index in [2.05, 4.69) is 31.4 Å². The monoisotopic (exact) mass is 324 g/mol. The van der Waals surface area contributed by atoms with E-state index < -0.39 is 5.97 Å². The van der Waals surface area contributed by atoms with Crippen molar-refractivity contribution in [3.8, 4) is 0 Å². The fraction of sp³-hybridized carbons (Fsp3) is 0. The predicted molar refractivity (Wildman–Crippen MR) is 71.8 cm³/mol. The zero-order chi connectivity index (χ0) is 13.0. The first-order valence-corrected chi connectivity index (χ1v) is 6.54. The highest BCUT2D eigenvalue weighted by molar-refractivity contribution is 9.10. The van der Waals surface area contributed by atoms with Crippen molar-refractivity contribution in [3.05, 3.63) is 45.4 Å². The van der Waals surface area contributed by atoms with Gasteiger partial charge in [-0.2, -0.15) is 5.10 Å². The van der Waals surface area contributed by atoms with Gasteiger partial charge >= 0.3 is 0 Å². The zero-order valence-corrected chi connectivity index (χ0v) is 11.4. The molecule has 0 saturated heterocycles. The van der Waals surface area contributed by atoms with Gasteiger partial charge in [0.1, 0.15) is 0 Å². The summed E-state index contributed by atoms with van der Waals surface area (Å²) in [5, 5.41) is 16.3. The lowest BCUT2D eigenvalue weighted by Gasteiger charge is -1.95. The fourth-order valence-electron chi connectivity index (χ4n) is 1.13. The summed E-state index contributed by atoms with van der Waals surface area (Å²) in [6.45, 7) is 0. The van der Waals surface area contributed by atoms with Gasteiger partial charge in [-0.15, -0.1) is 11.3 Å². The standard InChI is InChI=1S/C11H8BrN3O2S/c12-8-3-1-7(2-4-8)5-13-15-11-14-9(6-18-11)10(16)17/h1-6H,(H,14,15)(H,16,17)/p-1/b13-5-. The molecule has 1 heterocycles. The molecule has 1 aromatic heterocycles. The van der Waals surface area contributed by atoms with E-state index >= 15 is 0 Å². The van der Waals surface area contributed by atoms with Gasteiger partial charge in [-0.05, 0) is 17.7 Å². The highest BCUT2D eigenvalue weighted by Gasteiger charge is 2.00. The number of halogens is 1. The fourth-order valence-corrected chi connectivity index (χ4v) is 2.02. The molecule has 1 aromatic carbocycles. The second-order valence-electron chi connectivity index (χ2n) is 3.25. The number of aromatic nitrogens is 1. The van der Waals surface area contributed by atoms with Crippen LogP contribution in [0.3, 0.4) is 0 Å². The maximum atomic E-state index is 10.5. The van der Waals surface area contributed by atoms with Crippen LogP contribution in [0.15, 0.2) is 39.2 Å². The summed E-state index contributed by atoms with van der Waals surface area (Å²) in [5.41, 5.74) is 3.48. The van der Waals surface area contributed by atoms with Crippen LogP contribution in [0.2, 0.25) is 0 Å². The quantitative estimate of drug-likeness (QED) is 0.686. The van der Waals surface area contributed by atoms with Gasteiger partial charge in [0.15, 0.2) is 0 Å². The highest BCUT2D eigenvalue weighted by atomic mass is 79.9. The first-order chi connectivity index (χ1) is 8.65. The average molecular weight is 325 g/mol. The molecule has 0 aliphatic rings. The first-order valence-electron chi connectivity index (χ1n) is 4.86. The molecule has 0 atom stereocenters. The second kappa shape index (κ2) is 5.74. The van der Waals surface area contributed by atoms with Crippen LogP contribution >= 0.6 is 27.3 Å². The SMILES string of the molecule is O=C([O-])c1csc(N/N=C\c2ccc(Br)cc2)n1. The number of hydrogen-bond donors (Lipinski definition) is 1. The molecular formula is C11H7BrN3O2S-. The maximum Gasteiger partial charge on any atom is 0.203 e. The van der Waals surface area contributed by atoms with Crippen molar-refractivity contribution in [3.63, 3.8) is 0 Å². The van der Waals surface area contributed by atoms with E-state index in [1.54, 1.807) is 6.21 Å². The lowest BCUT2D eigenvalue weighted by molar-refractivity contribution is -0.255. The average Bonchev–Trinajstić information content (AvgIpc) is 2.81. The number of rotatable bonds is 4. The van der Waals surface area contributed by atoms with E-state index in [9.17, 15) is 9.90 Å². The normalized spacial score (nSPS) is 10.7. The van der Waals surface area contributed by atoms with E-state index in [0.29, 0.717) is 5.13 Å². The largest absolute Gasteiger partial charge is 0.543 e. The van der Waals surface area contributed by atoms with Crippen LogP contribution in [0.25, 0.3) is 0 Å². The van der Waals surface area contributed by atoms with Gasteiger partial charge in [0.05, 0.1) is 17.9 Å². The number of hydrogen-bond acceptors (Lipinski definition) is 6. The Bertz CT molecular complexity index is 580. The third-order valence-electron chi connectivity index (χ3n) is 1.96. The molecule has 0 unspecified atom stereocenters. The van der Waals surface area contributed by atoms with Gasteiger partial charge in [0, 0.05) is 9.85 Å². The molecule has 5 nitrogen and oxygen atoms in total. The topological polar surface area (TPSA) is 77.4 Å². The summed E-state index contributed by atoms with van der Waals surface area (Å²) < 4.78 is 0.992. The number of carbonyl (C=O) groups is 1. The van der Waals surface area contributed by atoms with Crippen molar-refractivity contribution < 1.29 is 9.90 Å². The van der Waals surface area contributed by atoms with E-state index in [4.69, 9.17) is 0 Å². The van der Waals surface area contributed by atoms with E-state index in [-0.39, 0.29) is 5.69 Å². The molecule has 0 aliphatic heterocycles. The molecule has 2 aromatic rings. The number of hydrazone groups is 1. The predicted octanol–water partition coefficient (Wildman–Crippen LogP) is 1.72. The van der Waals surface area contributed by atoms with Crippen molar-refractivity contribution in [2.45, 2.75) is 0 Å². The minimum Gasteiger partial charge on any atom is -0.543 e. The zero-order valence-electron chi connectivity index (χ0n) is 8.96. The third kappa shape index (κ3) is 3.38. The minimum atomic E-state index is -1.30. The van der Waals surface area contributed by atoms with Gasteiger partial charge in [0.2, 0.25) is 5.13 Å². The Morgan fingerprint density at radius 2 is 2.17 bits per heavy atom. The number of benzene rings is 1. The molecule has 0 amide bonds.